The van der Waals surface area contributed by atoms with Gasteiger partial charge in [-0.05, 0) is 61.0 Å². The Kier molecular flexibility index (Phi) is 7.00. The Morgan fingerprint density at radius 3 is 2.41 bits per heavy atom. The van der Waals surface area contributed by atoms with Crippen molar-refractivity contribution in [3.63, 3.8) is 0 Å². The molecule has 1 fully saturated rings. The maximum absolute atomic E-state index is 15.0. The van der Waals surface area contributed by atoms with Crippen LogP contribution >= 0.6 is 0 Å². The van der Waals surface area contributed by atoms with Crippen LogP contribution in [-0.4, -0.2) is 48.0 Å². The van der Waals surface area contributed by atoms with E-state index < -0.39 is 29.2 Å². The Morgan fingerprint density at radius 1 is 0.949 bits per heavy atom. The van der Waals surface area contributed by atoms with E-state index in [1.807, 2.05) is 4.90 Å². The minimum Gasteiger partial charge on any atom is -0.378 e. The van der Waals surface area contributed by atoms with Crippen LogP contribution in [0.25, 0.3) is 11.0 Å². The highest BCUT2D eigenvalue weighted by atomic mass is 19.4. The van der Waals surface area contributed by atoms with Crippen molar-refractivity contribution in [1.29, 1.82) is 0 Å². The van der Waals surface area contributed by atoms with Crippen molar-refractivity contribution < 1.29 is 31.9 Å². The molecule has 2 heterocycles. The van der Waals surface area contributed by atoms with Crippen molar-refractivity contribution >= 4 is 34.2 Å². The molecule has 1 N–H and O–H groups in total. The van der Waals surface area contributed by atoms with Crippen LogP contribution in [0.4, 0.5) is 29.1 Å². The van der Waals surface area contributed by atoms with E-state index >= 15 is 0 Å². The van der Waals surface area contributed by atoms with Crippen LogP contribution in [0.2, 0.25) is 0 Å². The molecule has 1 aromatic heterocycles. The first-order valence-electron chi connectivity index (χ1n) is 12.0. The summed E-state index contributed by atoms with van der Waals surface area (Å²) < 4.78 is 59.9. The van der Waals surface area contributed by atoms with Crippen molar-refractivity contribution in [3.05, 3.63) is 94.4 Å². The van der Waals surface area contributed by atoms with Gasteiger partial charge in [-0.1, -0.05) is 6.07 Å². The van der Waals surface area contributed by atoms with E-state index in [1.54, 1.807) is 18.3 Å². The molecule has 11 heteroatoms. The molecule has 5 rings (SSSR count). The van der Waals surface area contributed by atoms with Gasteiger partial charge < -0.3 is 15.0 Å². The second kappa shape index (κ2) is 10.4. The van der Waals surface area contributed by atoms with Gasteiger partial charge in [0.25, 0.3) is 5.91 Å². The topological polar surface area (TPSA) is 84.4 Å². The highest BCUT2D eigenvalue weighted by Crippen LogP contribution is 2.32. The number of amides is 1. The lowest BCUT2D eigenvalue weighted by Gasteiger charge is -2.27. The molecule has 0 unspecified atom stereocenters. The van der Waals surface area contributed by atoms with Crippen LogP contribution in [0.15, 0.2) is 60.8 Å². The number of carbonyl (C=O) groups excluding carboxylic acids is 2. The zero-order valence-corrected chi connectivity index (χ0v) is 20.7. The van der Waals surface area contributed by atoms with E-state index in [-0.39, 0.29) is 27.9 Å². The van der Waals surface area contributed by atoms with Crippen molar-refractivity contribution in [3.8, 4) is 0 Å². The molecule has 0 radical (unpaired) electrons. The lowest BCUT2D eigenvalue weighted by atomic mass is 10.0. The summed E-state index contributed by atoms with van der Waals surface area (Å²) in [6.07, 6.45) is -2.96. The molecule has 1 amide bonds. The number of benzene rings is 3. The quantitative estimate of drug-likeness (QED) is 0.270. The Morgan fingerprint density at radius 2 is 1.69 bits per heavy atom. The number of nitrogens with zero attached hydrogens (tertiary/aromatic N) is 3. The van der Waals surface area contributed by atoms with Crippen LogP contribution < -0.4 is 10.2 Å². The second-order valence-corrected chi connectivity index (χ2v) is 9.04. The van der Waals surface area contributed by atoms with Crippen LogP contribution in [0, 0.1) is 12.7 Å². The Labute approximate surface area is 220 Å². The van der Waals surface area contributed by atoms with E-state index in [1.165, 1.54) is 37.3 Å². The van der Waals surface area contributed by atoms with E-state index in [2.05, 4.69) is 15.3 Å². The number of nitrogens with one attached hydrogen (secondary N) is 1. The fourth-order valence-electron chi connectivity index (χ4n) is 4.29. The third-order valence-corrected chi connectivity index (χ3v) is 6.40. The summed E-state index contributed by atoms with van der Waals surface area (Å²) in [7, 11) is 0. The summed E-state index contributed by atoms with van der Waals surface area (Å²) >= 11 is 0. The number of ketones is 1. The summed E-state index contributed by atoms with van der Waals surface area (Å²) in [5.74, 6) is -1.69. The van der Waals surface area contributed by atoms with Crippen molar-refractivity contribution in [2.75, 3.05) is 36.5 Å². The molecule has 39 heavy (non-hydrogen) atoms. The number of ether oxygens (including phenoxy) is 1. The number of aryl methyl sites for hydroxylation is 1. The molecule has 1 aliphatic rings. The lowest BCUT2D eigenvalue weighted by Crippen LogP contribution is -2.36. The van der Waals surface area contributed by atoms with E-state index in [0.717, 1.165) is 12.1 Å². The molecule has 0 spiro atoms. The van der Waals surface area contributed by atoms with Crippen LogP contribution in [0.1, 0.15) is 37.4 Å². The summed E-state index contributed by atoms with van der Waals surface area (Å²) in [4.78, 5) is 36.7. The van der Waals surface area contributed by atoms with Crippen molar-refractivity contribution in [1.82, 2.24) is 9.97 Å². The number of anilines is 2. The second-order valence-electron chi connectivity index (χ2n) is 9.04. The predicted molar refractivity (Wildman–Crippen MR) is 137 cm³/mol. The Balaban J connectivity index is 1.35. The Hall–Kier alpha value is -4.38. The van der Waals surface area contributed by atoms with Crippen molar-refractivity contribution in [2.24, 2.45) is 0 Å². The highest BCUT2D eigenvalue weighted by Gasteiger charge is 2.33. The van der Waals surface area contributed by atoms with Gasteiger partial charge >= 0.3 is 6.18 Å². The van der Waals surface area contributed by atoms with Gasteiger partial charge in [-0.2, -0.15) is 13.2 Å². The minimum atomic E-state index is -4.62. The average molecular weight is 539 g/mol. The third-order valence-electron chi connectivity index (χ3n) is 6.40. The van der Waals surface area contributed by atoms with Gasteiger partial charge in [-0.15, -0.1) is 0 Å². The minimum absolute atomic E-state index is 0.0114. The van der Waals surface area contributed by atoms with Crippen LogP contribution in [0.3, 0.4) is 0 Å². The van der Waals surface area contributed by atoms with Gasteiger partial charge in [-0.3, -0.25) is 14.6 Å². The highest BCUT2D eigenvalue weighted by molar-refractivity contribution is 6.11. The first kappa shape index (κ1) is 26.2. The monoisotopic (exact) mass is 538 g/mol. The van der Waals surface area contributed by atoms with E-state index in [0.29, 0.717) is 43.2 Å². The fourth-order valence-corrected chi connectivity index (χ4v) is 4.29. The summed E-state index contributed by atoms with van der Waals surface area (Å²) in [6, 6.07) is 11.3. The largest absolute Gasteiger partial charge is 0.416 e. The van der Waals surface area contributed by atoms with Gasteiger partial charge in [0.1, 0.15) is 11.6 Å². The summed E-state index contributed by atoms with van der Waals surface area (Å²) in [6.45, 7) is 3.78. The number of halogens is 4. The summed E-state index contributed by atoms with van der Waals surface area (Å²) in [5, 5.41) is 2.38. The maximum atomic E-state index is 15.0. The number of hydrogen-bond donors (Lipinski definition) is 1. The number of hydrogen-bond acceptors (Lipinski definition) is 6. The number of alkyl halides is 3. The number of morpholine rings is 1. The fraction of sp³-hybridized carbons (Fsp3) is 0.214. The van der Waals surface area contributed by atoms with E-state index in [4.69, 9.17) is 4.74 Å². The van der Waals surface area contributed by atoms with Crippen LogP contribution in [-0.2, 0) is 10.9 Å². The first-order chi connectivity index (χ1) is 18.6. The smallest absolute Gasteiger partial charge is 0.378 e. The number of aromatic nitrogens is 2. The van der Waals surface area contributed by atoms with Gasteiger partial charge in [0.2, 0.25) is 0 Å². The molecule has 4 aromatic rings. The lowest BCUT2D eigenvalue weighted by molar-refractivity contribution is -0.138. The standard InChI is InChI=1S/C28H22F4N4O3/c1-16-2-3-18(12-21(16)28(30,31)32)27(38)34-19-5-6-20(22(29)14-19)26(37)17-4-7-23-24(13-17)35-25(15-33-23)36-8-10-39-11-9-36/h2-7,12-15H,8-11H2,1H3,(H,34,38). The van der Waals surface area contributed by atoms with Gasteiger partial charge in [0, 0.05) is 29.9 Å². The SMILES string of the molecule is Cc1ccc(C(=O)Nc2ccc(C(=O)c3ccc4ncc(N5CCOCC5)nc4c3)c(F)c2)cc1C(F)(F)F. The number of carbonyl (C=O) groups is 2. The molecule has 1 aliphatic heterocycles. The normalized spacial score (nSPS) is 13.9. The number of rotatable bonds is 5. The number of fused-ring (bicyclic) bond motifs is 1. The molecule has 0 saturated carbocycles. The molecule has 200 valence electrons. The van der Waals surface area contributed by atoms with Gasteiger partial charge in [-0.25, -0.2) is 9.37 Å². The molecular weight excluding hydrogens is 516 g/mol. The predicted octanol–water partition coefficient (Wildman–Crippen LogP) is 5.42. The third kappa shape index (κ3) is 5.58. The van der Waals surface area contributed by atoms with Gasteiger partial charge in [0.15, 0.2) is 5.78 Å². The average Bonchev–Trinajstić information content (AvgIpc) is 2.92. The maximum Gasteiger partial charge on any atom is 0.416 e. The molecule has 0 aliphatic carbocycles. The molecule has 7 nitrogen and oxygen atoms in total. The summed E-state index contributed by atoms with van der Waals surface area (Å²) in [5.41, 5.74) is -0.183. The zero-order valence-electron chi connectivity index (χ0n) is 20.7. The molecule has 3 aromatic carbocycles. The molecule has 1 saturated heterocycles. The van der Waals surface area contributed by atoms with Gasteiger partial charge in [0.05, 0.1) is 41.6 Å². The molecular formula is C28H22F4N4O3. The Bertz CT molecular complexity index is 1580. The zero-order chi connectivity index (χ0) is 27.7. The molecule has 0 atom stereocenters. The molecule has 0 bridgehead atoms. The van der Waals surface area contributed by atoms with Crippen molar-refractivity contribution in [2.45, 2.75) is 13.1 Å². The van der Waals surface area contributed by atoms with Crippen LogP contribution in [0.5, 0.6) is 0 Å². The first-order valence-corrected chi connectivity index (χ1v) is 12.0. The van der Waals surface area contributed by atoms with E-state index in [9.17, 15) is 27.2 Å².